The first kappa shape index (κ1) is 12.3. The average molecular weight is 237 g/mol. The van der Waals surface area contributed by atoms with Gasteiger partial charge in [-0.3, -0.25) is 14.9 Å². The van der Waals surface area contributed by atoms with Crippen molar-refractivity contribution in [3.05, 3.63) is 12.2 Å². The number of imide groups is 1. The molecule has 0 aliphatic carbocycles. The summed E-state index contributed by atoms with van der Waals surface area (Å²) in [6, 6.07) is 0. The van der Waals surface area contributed by atoms with E-state index >= 15 is 0 Å². The Morgan fingerprint density at radius 2 is 1.59 bits per heavy atom. The number of rotatable bonds is 1. The van der Waals surface area contributed by atoms with Crippen molar-refractivity contribution in [2.75, 3.05) is 0 Å². The molecule has 0 aromatic carbocycles. The van der Waals surface area contributed by atoms with Gasteiger partial charge in [-0.2, -0.15) is 0 Å². The molecule has 1 N–H and O–H groups in total. The molecule has 94 valence electrons. The van der Waals surface area contributed by atoms with Gasteiger partial charge in [-0.1, -0.05) is 39.3 Å². The third-order valence-corrected chi connectivity index (χ3v) is 3.57. The Labute approximate surface area is 101 Å². The zero-order valence-corrected chi connectivity index (χ0v) is 10.5. The zero-order chi connectivity index (χ0) is 12.6. The molecule has 4 nitrogen and oxygen atoms in total. The van der Waals surface area contributed by atoms with E-state index in [2.05, 4.69) is 26.1 Å². The van der Waals surface area contributed by atoms with Crippen LogP contribution in [0.5, 0.6) is 0 Å². The summed E-state index contributed by atoms with van der Waals surface area (Å²) in [5.74, 6) is 0.0127. The van der Waals surface area contributed by atoms with Gasteiger partial charge in [0.2, 0.25) is 11.8 Å². The number of hydrogen-bond acceptors (Lipinski definition) is 3. The minimum absolute atomic E-state index is 0.161. The van der Waals surface area contributed by atoms with E-state index in [4.69, 9.17) is 4.74 Å². The van der Waals surface area contributed by atoms with E-state index in [9.17, 15) is 9.59 Å². The topological polar surface area (TPSA) is 55.4 Å². The molecular weight excluding hydrogens is 218 g/mol. The molecule has 4 heteroatoms. The van der Waals surface area contributed by atoms with E-state index < -0.39 is 0 Å². The summed E-state index contributed by atoms with van der Waals surface area (Å²) in [5.41, 5.74) is 0. The van der Waals surface area contributed by atoms with Gasteiger partial charge < -0.3 is 4.74 Å². The first-order valence-corrected chi connectivity index (χ1v) is 6.23. The van der Waals surface area contributed by atoms with Crippen LogP contribution in [0.4, 0.5) is 0 Å². The molecule has 2 bridgehead atoms. The van der Waals surface area contributed by atoms with Crippen LogP contribution in [-0.4, -0.2) is 24.0 Å². The highest BCUT2D eigenvalue weighted by molar-refractivity contribution is 6.06. The Balaban J connectivity index is 0.000000188. The van der Waals surface area contributed by atoms with Gasteiger partial charge in [0.1, 0.15) is 0 Å². The maximum absolute atomic E-state index is 11.2. The lowest BCUT2D eigenvalue weighted by Crippen LogP contribution is -2.27. The fourth-order valence-electron chi connectivity index (χ4n) is 2.22. The van der Waals surface area contributed by atoms with Crippen LogP contribution in [0, 0.1) is 17.8 Å². The summed E-state index contributed by atoms with van der Waals surface area (Å²) >= 11 is 0. The summed E-state index contributed by atoms with van der Waals surface area (Å²) in [6.45, 7) is 6.64. The molecule has 3 aliphatic heterocycles. The van der Waals surface area contributed by atoms with Crippen molar-refractivity contribution in [1.82, 2.24) is 5.32 Å². The Morgan fingerprint density at radius 1 is 1.18 bits per heavy atom. The minimum atomic E-state index is -0.257. The van der Waals surface area contributed by atoms with Crippen molar-refractivity contribution >= 4 is 11.8 Å². The first-order chi connectivity index (χ1) is 8.04. The van der Waals surface area contributed by atoms with E-state index in [-0.39, 0.29) is 35.9 Å². The van der Waals surface area contributed by atoms with Crippen LogP contribution in [0.2, 0.25) is 0 Å². The van der Waals surface area contributed by atoms with Crippen LogP contribution in [0.3, 0.4) is 0 Å². The molecule has 2 fully saturated rings. The monoisotopic (exact) mass is 237 g/mol. The molecule has 3 rings (SSSR count). The summed E-state index contributed by atoms with van der Waals surface area (Å²) in [6.07, 6.45) is 4.71. The second-order valence-electron chi connectivity index (χ2n) is 5.16. The minimum Gasteiger partial charge on any atom is -0.365 e. The van der Waals surface area contributed by atoms with Gasteiger partial charge in [-0.25, -0.2) is 0 Å². The van der Waals surface area contributed by atoms with Crippen LogP contribution >= 0.6 is 0 Å². The summed E-state index contributed by atoms with van der Waals surface area (Å²) in [5, 5.41) is 2.32. The van der Waals surface area contributed by atoms with Crippen LogP contribution in [0.15, 0.2) is 12.2 Å². The quantitative estimate of drug-likeness (QED) is 0.552. The average Bonchev–Trinajstić information content (AvgIpc) is 2.94. The Hall–Kier alpha value is -1.16. The largest absolute Gasteiger partial charge is 0.365 e. The lowest BCUT2D eigenvalue weighted by molar-refractivity contribution is -0.128. The van der Waals surface area contributed by atoms with Crippen LogP contribution < -0.4 is 5.32 Å². The van der Waals surface area contributed by atoms with Gasteiger partial charge in [0, 0.05) is 0 Å². The van der Waals surface area contributed by atoms with E-state index in [1.165, 1.54) is 6.42 Å². The van der Waals surface area contributed by atoms with Gasteiger partial charge in [-0.05, 0) is 5.92 Å². The van der Waals surface area contributed by atoms with Crippen molar-refractivity contribution in [3.8, 4) is 0 Å². The Morgan fingerprint density at radius 3 is 1.94 bits per heavy atom. The van der Waals surface area contributed by atoms with Gasteiger partial charge in [0.25, 0.3) is 0 Å². The predicted octanol–water partition coefficient (Wildman–Crippen LogP) is 1.26. The first-order valence-electron chi connectivity index (χ1n) is 6.23. The van der Waals surface area contributed by atoms with Crippen molar-refractivity contribution in [2.24, 2.45) is 17.8 Å². The van der Waals surface area contributed by atoms with E-state index in [0.717, 1.165) is 5.92 Å². The highest BCUT2D eigenvalue weighted by Gasteiger charge is 2.57. The van der Waals surface area contributed by atoms with Crippen molar-refractivity contribution in [1.29, 1.82) is 0 Å². The number of nitrogens with one attached hydrogen (secondary N) is 1. The fourth-order valence-corrected chi connectivity index (χ4v) is 2.22. The molecule has 3 aliphatic rings. The van der Waals surface area contributed by atoms with Crippen LogP contribution in [0.1, 0.15) is 27.2 Å². The number of fused-ring (bicyclic) bond motifs is 5. The van der Waals surface area contributed by atoms with Crippen molar-refractivity contribution in [3.63, 3.8) is 0 Å². The third-order valence-electron chi connectivity index (χ3n) is 3.57. The molecule has 2 saturated heterocycles. The van der Waals surface area contributed by atoms with Gasteiger partial charge in [0.15, 0.2) is 0 Å². The van der Waals surface area contributed by atoms with E-state index in [1.54, 1.807) is 0 Å². The third kappa shape index (κ3) is 2.14. The maximum atomic E-state index is 11.2. The Bertz CT molecular complexity index is 334. The smallest absolute Gasteiger partial charge is 0.233 e. The van der Waals surface area contributed by atoms with Crippen LogP contribution in [0.25, 0.3) is 0 Å². The molecule has 4 atom stereocenters. The van der Waals surface area contributed by atoms with Crippen molar-refractivity contribution in [2.45, 2.75) is 39.4 Å². The maximum Gasteiger partial charge on any atom is 0.233 e. The molecule has 4 unspecified atom stereocenters. The molecule has 3 heterocycles. The van der Waals surface area contributed by atoms with Crippen molar-refractivity contribution < 1.29 is 14.3 Å². The summed E-state index contributed by atoms with van der Waals surface area (Å²) in [7, 11) is 0. The Kier molecular flexibility index (Phi) is 3.33. The molecule has 0 aromatic heterocycles. The molecular formula is C13H19NO3. The number of carbonyl (C=O) groups excluding carboxylic acids is 2. The highest BCUT2D eigenvalue weighted by atomic mass is 16.5. The molecule has 0 aromatic rings. The standard InChI is InChI=1S/C8H7NO3.C5H12/c10-7-5-3-1-2-4(12-3)6(5)8(11)9-7;1-4-5(2)3/h1-6H,(H,9,10,11);5H,4H2,1-3H3. The van der Waals surface area contributed by atoms with E-state index in [0.29, 0.717) is 0 Å². The van der Waals surface area contributed by atoms with Gasteiger partial charge in [0.05, 0.1) is 24.0 Å². The summed E-state index contributed by atoms with van der Waals surface area (Å²) in [4.78, 5) is 22.4. The SMILES string of the molecule is CCC(C)C.O=C1NC(=O)C2C3C=CC(O3)C12. The highest BCUT2D eigenvalue weighted by Crippen LogP contribution is 2.41. The normalized spacial score (nSPS) is 36.9. The lowest BCUT2D eigenvalue weighted by Gasteiger charge is -2.10. The van der Waals surface area contributed by atoms with Gasteiger partial charge >= 0.3 is 0 Å². The molecule has 2 amide bonds. The molecule has 17 heavy (non-hydrogen) atoms. The molecule has 0 saturated carbocycles. The number of carbonyl (C=O) groups is 2. The summed E-state index contributed by atoms with van der Waals surface area (Å²) < 4.78 is 5.39. The number of ether oxygens (including phenoxy) is 1. The second kappa shape index (κ2) is 4.61. The second-order valence-corrected chi connectivity index (χ2v) is 5.16. The van der Waals surface area contributed by atoms with Crippen LogP contribution in [-0.2, 0) is 14.3 Å². The lowest BCUT2D eigenvalue weighted by atomic mass is 9.85. The molecule has 0 radical (unpaired) electrons. The fraction of sp³-hybridized carbons (Fsp3) is 0.692. The molecule has 0 spiro atoms. The number of hydrogen-bond donors (Lipinski definition) is 1. The van der Waals surface area contributed by atoms with E-state index in [1.807, 2.05) is 12.2 Å². The predicted molar refractivity (Wildman–Crippen MR) is 63.1 cm³/mol. The zero-order valence-electron chi connectivity index (χ0n) is 10.5. The number of amides is 2. The van der Waals surface area contributed by atoms with Gasteiger partial charge in [-0.15, -0.1) is 0 Å².